The van der Waals surface area contributed by atoms with E-state index in [1.807, 2.05) is 48.0 Å². The Labute approximate surface area is 232 Å². The van der Waals surface area contributed by atoms with Crippen molar-refractivity contribution in [2.45, 2.75) is 18.4 Å². The number of likely N-dealkylation sites (tertiary alicyclic amines) is 1. The van der Waals surface area contributed by atoms with E-state index in [0.29, 0.717) is 18.8 Å². The van der Waals surface area contributed by atoms with Gasteiger partial charge in [-0.2, -0.15) is 0 Å². The van der Waals surface area contributed by atoms with Gasteiger partial charge in [-0.25, -0.2) is 13.9 Å². The number of amides is 1. The Balaban J connectivity index is 1.38. The lowest BCUT2D eigenvalue weighted by molar-refractivity contribution is -0.154. The summed E-state index contributed by atoms with van der Waals surface area (Å²) in [5.74, 6) is -1.16. The lowest BCUT2D eigenvalue weighted by Crippen LogP contribution is -2.53. The SMILES string of the molecule is COC(=O)C1(n2cc(-c3ccc(Cl)cc3F)nn2)CCN(C(=O)c2ccc(-c3cccc(Br)c3)n2C)CC1. The molecule has 2 aromatic carbocycles. The molecular weight excluding hydrogens is 577 g/mol. The third kappa shape index (κ3) is 4.63. The first-order valence-electron chi connectivity index (χ1n) is 11.9. The van der Waals surface area contributed by atoms with Gasteiger partial charge < -0.3 is 14.2 Å². The Bertz CT molecular complexity index is 1530. The third-order valence-electron chi connectivity index (χ3n) is 7.04. The van der Waals surface area contributed by atoms with E-state index < -0.39 is 17.3 Å². The van der Waals surface area contributed by atoms with Gasteiger partial charge in [0.05, 0.1) is 13.3 Å². The summed E-state index contributed by atoms with van der Waals surface area (Å²) in [7, 11) is 3.17. The number of carbonyl (C=O) groups excluding carboxylic acids is 2. The molecule has 8 nitrogen and oxygen atoms in total. The first kappa shape index (κ1) is 26.1. The molecule has 2 aromatic heterocycles. The molecule has 0 unspecified atom stereocenters. The van der Waals surface area contributed by atoms with Gasteiger partial charge in [0.15, 0.2) is 5.54 Å². The summed E-state index contributed by atoms with van der Waals surface area (Å²) in [4.78, 5) is 28.2. The minimum absolute atomic E-state index is 0.130. The van der Waals surface area contributed by atoms with Crippen LogP contribution in [0.25, 0.3) is 22.5 Å². The average Bonchev–Trinajstić information content (AvgIpc) is 3.55. The lowest BCUT2D eigenvalue weighted by Gasteiger charge is -2.39. The number of hydrogen-bond donors (Lipinski definition) is 0. The molecule has 1 aliphatic heterocycles. The molecule has 3 heterocycles. The van der Waals surface area contributed by atoms with Crippen molar-refractivity contribution in [2.24, 2.45) is 7.05 Å². The van der Waals surface area contributed by atoms with Crippen molar-refractivity contribution >= 4 is 39.4 Å². The van der Waals surface area contributed by atoms with E-state index in [9.17, 15) is 14.0 Å². The lowest BCUT2D eigenvalue weighted by atomic mass is 9.87. The van der Waals surface area contributed by atoms with E-state index in [1.165, 1.54) is 30.1 Å². The van der Waals surface area contributed by atoms with Crippen molar-refractivity contribution in [3.8, 4) is 22.5 Å². The number of ether oxygens (including phenoxy) is 1. The van der Waals surface area contributed by atoms with Crippen molar-refractivity contribution in [1.29, 1.82) is 0 Å². The smallest absolute Gasteiger partial charge is 0.334 e. The maximum atomic E-state index is 14.5. The molecule has 1 fully saturated rings. The highest BCUT2D eigenvalue weighted by molar-refractivity contribution is 9.10. The fourth-order valence-electron chi connectivity index (χ4n) is 4.92. The highest BCUT2D eigenvalue weighted by atomic mass is 79.9. The van der Waals surface area contributed by atoms with E-state index in [0.717, 1.165) is 15.7 Å². The van der Waals surface area contributed by atoms with Gasteiger partial charge in [-0.05, 0) is 48.0 Å². The maximum Gasteiger partial charge on any atom is 0.334 e. The molecule has 0 spiro atoms. The number of hydrogen-bond acceptors (Lipinski definition) is 5. The molecule has 0 saturated carbocycles. The molecule has 0 radical (unpaired) electrons. The second kappa shape index (κ2) is 10.3. The van der Waals surface area contributed by atoms with Crippen LogP contribution >= 0.6 is 27.5 Å². The molecular formula is C27H24BrClFN5O3. The van der Waals surface area contributed by atoms with Crippen LogP contribution in [0.2, 0.25) is 5.02 Å². The zero-order chi connectivity index (χ0) is 27.0. The van der Waals surface area contributed by atoms with Crippen LogP contribution in [0, 0.1) is 5.82 Å². The second-order valence-electron chi connectivity index (χ2n) is 9.16. The van der Waals surface area contributed by atoms with Gasteiger partial charge in [-0.1, -0.05) is 44.9 Å². The van der Waals surface area contributed by atoms with Crippen molar-refractivity contribution in [1.82, 2.24) is 24.5 Å². The standard InChI is InChI=1S/C27H24BrClFN5O3/c1-33-23(17-4-3-5-18(28)14-17)8-9-24(33)25(36)34-12-10-27(11-13-34,26(37)38-2)35-16-22(31-32-35)20-7-6-19(29)15-21(20)30/h3-9,14-16H,10-13H2,1-2H3. The molecule has 4 aromatic rings. The molecule has 1 amide bonds. The van der Waals surface area contributed by atoms with E-state index in [1.54, 1.807) is 11.0 Å². The average molecular weight is 601 g/mol. The van der Waals surface area contributed by atoms with Crippen LogP contribution < -0.4 is 0 Å². The predicted octanol–water partition coefficient (Wildman–Crippen LogP) is 5.31. The first-order chi connectivity index (χ1) is 18.2. The number of piperidine rings is 1. The van der Waals surface area contributed by atoms with Crippen LogP contribution in [0.4, 0.5) is 4.39 Å². The van der Waals surface area contributed by atoms with Crippen LogP contribution in [0.15, 0.2) is 65.3 Å². The largest absolute Gasteiger partial charge is 0.467 e. The normalized spacial score (nSPS) is 14.9. The Morgan fingerprint density at radius 3 is 2.55 bits per heavy atom. The maximum absolute atomic E-state index is 14.5. The van der Waals surface area contributed by atoms with Gasteiger partial charge in [-0.3, -0.25) is 4.79 Å². The summed E-state index contributed by atoms with van der Waals surface area (Å²) in [6, 6.07) is 15.9. The Morgan fingerprint density at radius 1 is 1.11 bits per heavy atom. The molecule has 38 heavy (non-hydrogen) atoms. The van der Waals surface area contributed by atoms with Crippen LogP contribution in [-0.4, -0.2) is 56.5 Å². The quantitative estimate of drug-likeness (QED) is 0.290. The Hall–Kier alpha value is -3.50. The number of methoxy groups -OCH3 is 1. The molecule has 0 N–H and O–H groups in total. The number of halogens is 3. The molecule has 1 aliphatic rings. The van der Waals surface area contributed by atoms with Gasteiger partial charge in [0.2, 0.25) is 0 Å². The minimum Gasteiger partial charge on any atom is -0.467 e. The first-order valence-corrected chi connectivity index (χ1v) is 13.1. The second-order valence-corrected chi connectivity index (χ2v) is 10.5. The number of rotatable bonds is 5. The molecule has 0 bridgehead atoms. The topological polar surface area (TPSA) is 82.2 Å². The molecule has 0 atom stereocenters. The minimum atomic E-state index is -1.17. The van der Waals surface area contributed by atoms with Gasteiger partial charge in [0.25, 0.3) is 5.91 Å². The van der Waals surface area contributed by atoms with Gasteiger partial charge in [0, 0.05) is 53.7 Å². The predicted molar refractivity (Wildman–Crippen MR) is 144 cm³/mol. The van der Waals surface area contributed by atoms with Crippen molar-refractivity contribution < 1.29 is 18.7 Å². The highest BCUT2D eigenvalue weighted by Gasteiger charge is 2.46. The van der Waals surface area contributed by atoms with E-state index in [4.69, 9.17) is 16.3 Å². The van der Waals surface area contributed by atoms with Crippen LogP contribution in [0.5, 0.6) is 0 Å². The van der Waals surface area contributed by atoms with E-state index in [2.05, 4.69) is 26.2 Å². The zero-order valence-electron chi connectivity index (χ0n) is 20.7. The van der Waals surface area contributed by atoms with E-state index >= 15 is 0 Å². The monoisotopic (exact) mass is 599 g/mol. The van der Waals surface area contributed by atoms with Gasteiger partial charge >= 0.3 is 5.97 Å². The van der Waals surface area contributed by atoms with Crippen LogP contribution in [0.1, 0.15) is 23.3 Å². The van der Waals surface area contributed by atoms with E-state index in [-0.39, 0.29) is 35.0 Å². The highest BCUT2D eigenvalue weighted by Crippen LogP contribution is 2.34. The number of nitrogens with zero attached hydrogens (tertiary/aromatic N) is 5. The zero-order valence-corrected chi connectivity index (χ0v) is 23.0. The summed E-state index contributed by atoms with van der Waals surface area (Å²) in [6.45, 7) is 0.603. The number of aromatic nitrogens is 4. The fraction of sp³-hybridized carbons (Fsp3) is 0.259. The molecule has 5 rings (SSSR count). The number of esters is 1. The van der Waals surface area contributed by atoms with Crippen LogP contribution in [0.3, 0.4) is 0 Å². The summed E-state index contributed by atoms with van der Waals surface area (Å²) in [5.41, 5.74) is 1.77. The number of benzene rings is 2. The molecule has 0 aliphatic carbocycles. The van der Waals surface area contributed by atoms with Crippen molar-refractivity contribution in [2.75, 3.05) is 20.2 Å². The Morgan fingerprint density at radius 2 is 1.87 bits per heavy atom. The molecule has 11 heteroatoms. The fourth-order valence-corrected chi connectivity index (χ4v) is 5.47. The molecule has 196 valence electrons. The van der Waals surface area contributed by atoms with Crippen molar-refractivity contribution in [3.05, 3.63) is 81.8 Å². The summed E-state index contributed by atoms with van der Waals surface area (Å²) >= 11 is 9.36. The van der Waals surface area contributed by atoms with Crippen LogP contribution in [-0.2, 0) is 22.1 Å². The summed E-state index contributed by atoms with van der Waals surface area (Å²) in [5, 5.41) is 8.53. The van der Waals surface area contributed by atoms with Gasteiger partial charge in [0.1, 0.15) is 17.2 Å². The summed E-state index contributed by atoms with van der Waals surface area (Å²) < 4.78 is 23.9. The Kier molecular flexibility index (Phi) is 7.11. The van der Waals surface area contributed by atoms with Crippen molar-refractivity contribution in [3.63, 3.8) is 0 Å². The van der Waals surface area contributed by atoms with Gasteiger partial charge in [-0.15, -0.1) is 5.10 Å². The third-order valence-corrected chi connectivity index (χ3v) is 7.77. The molecule has 1 saturated heterocycles. The number of carbonyl (C=O) groups is 2. The summed E-state index contributed by atoms with van der Waals surface area (Å²) in [6.07, 6.45) is 2.06.